The Bertz CT molecular complexity index is 634. The molecule has 1 aromatic carbocycles. The van der Waals surface area contributed by atoms with E-state index in [0.717, 1.165) is 5.56 Å². The zero-order valence-electron chi connectivity index (χ0n) is 13.0. The molecule has 0 spiro atoms. The van der Waals surface area contributed by atoms with Crippen LogP contribution in [-0.2, 0) is 9.53 Å². The Morgan fingerprint density at radius 2 is 2.05 bits per heavy atom. The van der Waals surface area contributed by atoms with Crippen molar-refractivity contribution in [2.24, 2.45) is 10.9 Å². The number of nitrogens with one attached hydrogen (secondary N) is 1. The molecule has 1 atom stereocenters. The summed E-state index contributed by atoms with van der Waals surface area (Å²) in [7, 11) is 1.33. The summed E-state index contributed by atoms with van der Waals surface area (Å²) in [4.78, 5) is 28.6. The topological polar surface area (TPSA) is 67.8 Å². The zero-order valence-corrected chi connectivity index (χ0v) is 13.0. The van der Waals surface area contributed by atoms with Crippen LogP contribution >= 0.6 is 0 Å². The van der Waals surface area contributed by atoms with E-state index < -0.39 is 11.5 Å². The van der Waals surface area contributed by atoms with Gasteiger partial charge >= 0.3 is 5.97 Å². The van der Waals surface area contributed by atoms with Crippen LogP contribution < -0.4 is 5.32 Å². The van der Waals surface area contributed by atoms with E-state index in [9.17, 15) is 9.59 Å². The number of aryl methyl sites for hydroxylation is 1. The number of nitrogens with zero attached hydrogens (tertiary/aromatic N) is 1. The van der Waals surface area contributed by atoms with Crippen molar-refractivity contribution in [3.63, 3.8) is 0 Å². The SMILES string of the molecule is COC(=O)c1ccc(C)cc1C1=N[C@@](C)(C(C)C)C(=O)N1. The molecule has 0 bridgehead atoms. The number of benzene rings is 1. The number of aliphatic imine (C=N–C) groups is 1. The highest BCUT2D eigenvalue weighted by atomic mass is 16.5. The van der Waals surface area contributed by atoms with Crippen LogP contribution in [0.15, 0.2) is 23.2 Å². The number of esters is 1. The fraction of sp³-hybridized carbons (Fsp3) is 0.438. The summed E-state index contributed by atoms with van der Waals surface area (Å²) in [6.45, 7) is 7.62. The first-order valence-corrected chi connectivity index (χ1v) is 6.90. The van der Waals surface area contributed by atoms with Crippen LogP contribution in [0.25, 0.3) is 0 Å². The molecule has 2 rings (SSSR count). The van der Waals surface area contributed by atoms with Crippen molar-refractivity contribution in [2.75, 3.05) is 7.11 Å². The molecule has 1 amide bonds. The lowest BCUT2D eigenvalue weighted by Crippen LogP contribution is -2.41. The summed E-state index contributed by atoms with van der Waals surface area (Å²) in [6, 6.07) is 5.35. The first-order valence-electron chi connectivity index (χ1n) is 6.90. The van der Waals surface area contributed by atoms with Crippen molar-refractivity contribution in [1.29, 1.82) is 0 Å². The molecular formula is C16H20N2O3. The molecule has 0 radical (unpaired) electrons. The van der Waals surface area contributed by atoms with Crippen LogP contribution in [0.2, 0.25) is 0 Å². The number of hydrogen-bond acceptors (Lipinski definition) is 4. The molecule has 1 aliphatic rings. The quantitative estimate of drug-likeness (QED) is 0.866. The molecule has 21 heavy (non-hydrogen) atoms. The molecule has 1 heterocycles. The van der Waals surface area contributed by atoms with Gasteiger partial charge in [-0.1, -0.05) is 25.5 Å². The lowest BCUT2D eigenvalue weighted by Gasteiger charge is -2.21. The summed E-state index contributed by atoms with van der Waals surface area (Å²) in [5.74, 6) is -0.105. The number of carbonyl (C=O) groups excluding carboxylic acids is 2. The molecule has 0 unspecified atom stereocenters. The summed E-state index contributed by atoms with van der Waals surface area (Å²) in [5.41, 5.74) is 1.16. The van der Waals surface area contributed by atoms with E-state index in [2.05, 4.69) is 10.3 Å². The van der Waals surface area contributed by atoms with Crippen molar-refractivity contribution in [2.45, 2.75) is 33.2 Å². The summed E-state index contributed by atoms with van der Waals surface area (Å²) in [6.07, 6.45) is 0. The van der Waals surface area contributed by atoms with Gasteiger partial charge in [-0.15, -0.1) is 0 Å². The van der Waals surface area contributed by atoms with Gasteiger partial charge in [0, 0.05) is 5.56 Å². The number of hydrogen-bond donors (Lipinski definition) is 1. The largest absolute Gasteiger partial charge is 0.465 e. The Kier molecular flexibility index (Phi) is 3.85. The lowest BCUT2D eigenvalue weighted by atomic mass is 9.89. The van der Waals surface area contributed by atoms with Gasteiger partial charge in [0.1, 0.15) is 11.4 Å². The summed E-state index contributed by atoms with van der Waals surface area (Å²) < 4.78 is 4.80. The second-order valence-corrected chi connectivity index (χ2v) is 5.76. The highest BCUT2D eigenvalue weighted by Crippen LogP contribution is 2.28. The third-order valence-corrected chi connectivity index (χ3v) is 4.00. The maximum atomic E-state index is 12.2. The molecule has 1 aromatic rings. The van der Waals surface area contributed by atoms with Gasteiger partial charge in [0.25, 0.3) is 5.91 Å². The van der Waals surface area contributed by atoms with E-state index in [-0.39, 0.29) is 11.8 Å². The molecule has 112 valence electrons. The zero-order chi connectivity index (χ0) is 15.8. The third kappa shape index (κ3) is 2.55. The van der Waals surface area contributed by atoms with Crippen molar-refractivity contribution in [3.8, 4) is 0 Å². The number of amidine groups is 1. The van der Waals surface area contributed by atoms with E-state index in [0.29, 0.717) is 17.0 Å². The minimum Gasteiger partial charge on any atom is -0.465 e. The fourth-order valence-electron chi connectivity index (χ4n) is 2.21. The minimum absolute atomic E-state index is 0.0568. The average molecular weight is 288 g/mol. The van der Waals surface area contributed by atoms with Gasteiger partial charge in [-0.05, 0) is 31.9 Å². The monoisotopic (exact) mass is 288 g/mol. The van der Waals surface area contributed by atoms with E-state index in [4.69, 9.17) is 4.74 Å². The molecule has 1 N–H and O–H groups in total. The number of ether oxygens (including phenoxy) is 1. The molecule has 0 saturated carbocycles. The van der Waals surface area contributed by atoms with Crippen LogP contribution in [0.3, 0.4) is 0 Å². The van der Waals surface area contributed by atoms with Crippen LogP contribution in [0.5, 0.6) is 0 Å². The van der Waals surface area contributed by atoms with Crippen LogP contribution in [0.1, 0.15) is 42.3 Å². The molecule has 0 saturated heterocycles. The van der Waals surface area contributed by atoms with Crippen molar-refractivity contribution >= 4 is 17.7 Å². The van der Waals surface area contributed by atoms with Crippen LogP contribution in [0, 0.1) is 12.8 Å². The summed E-state index contributed by atoms with van der Waals surface area (Å²) >= 11 is 0. The first kappa shape index (κ1) is 15.2. The molecule has 5 heteroatoms. The summed E-state index contributed by atoms with van der Waals surface area (Å²) in [5, 5.41) is 2.79. The van der Waals surface area contributed by atoms with Crippen molar-refractivity contribution in [1.82, 2.24) is 5.32 Å². The van der Waals surface area contributed by atoms with Gasteiger partial charge in [-0.2, -0.15) is 0 Å². The van der Waals surface area contributed by atoms with Gasteiger partial charge in [-0.3, -0.25) is 9.79 Å². The molecule has 0 aliphatic carbocycles. The van der Waals surface area contributed by atoms with Crippen molar-refractivity contribution < 1.29 is 14.3 Å². The molecule has 5 nitrogen and oxygen atoms in total. The van der Waals surface area contributed by atoms with Gasteiger partial charge < -0.3 is 10.1 Å². The maximum absolute atomic E-state index is 12.2. The highest BCUT2D eigenvalue weighted by molar-refractivity contribution is 6.18. The van der Waals surface area contributed by atoms with E-state index in [1.807, 2.05) is 32.9 Å². The smallest absolute Gasteiger partial charge is 0.338 e. The predicted octanol–water partition coefficient (Wildman–Crippen LogP) is 2.07. The van der Waals surface area contributed by atoms with Gasteiger partial charge in [0.2, 0.25) is 0 Å². The van der Waals surface area contributed by atoms with Gasteiger partial charge in [0.15, 0.2) is 0 Å². The van der Waals surface area contributed by atoms with Gasteiger partial charge in [0.05, 0.1) is 12.7 Å². The predicted molar refractivity (Wildman–Crippen MR) is 80.4 cm³/mol. The number of methoxy groups -OCH3 is 1. The highest BCUT2D eigenvalue weighted by Gasteiger charge is 2.42. The van der Waals surface area contributed by atoms with Crippen molar-refractivity contribution in [3.05, 3.63) is 34.9 Å². The molecule has 0 fully saturated rings. The lowest BCUT2D eigenvalue weighted by molar-refractivity contribution is -0.124. The van der Waals surface area contributed by atoms with Gasteiger partial charge in [-0.25, -0.2) is 4.79 Å². The first-order chi connectivity index (χ1) is 9.79. The Morgan fingerprint density at radius 1 is 1.38 bits per heavy atom. The van der Waals surface area contributed by atoms with E-state index in [1.165, 1.54) is 7.11 Å². The Morgan fingerprint density at radius 3 is 2.57 bits per heavy atom. The molecule has 1 aliphatic heterocycles. The third-order valence-electron chi connectivity index (χ3n) is 4.00. The fourth-order valence-corrected chi connectivity index (χ4v) is 2.21. The normalized spacial score (nSPS) is 21.2. The average Bonchev–Trinajstić information content (AvgIpc) is 2.75. The second-order valence-electron chi connectivity index (χ2n) is 5.76. The molecular weight excluding hydrogens is 268 g/mol. The van der Waals surface area contributed by atoms with E-state index in [1.54, 1.807) is 13.0 Å². The van der Waals surface area contributed by atoms with E-state index >= 15 is 0 Å². The van der Waals surface area contributed by atoms with Crippen LogP contribution in [0.4, 0.5) is 0 Å². The Hall–Kier alpha value is -2.17. The minimum atomic E-state index is -0.813. The van der Waals surface area contributed by atoms with Crippen LogP contribution in [-0.4, -0.2) is 30.4 Å². The second kappa shape index (κ2) is 5.31. The number of carbonyl (C=O) groups is 2. The Labute approximate surface area is 124 Å². The standard InChI is InChI=1S/C16H20N2O3/c1-9(2)16(4)15(20)17-13(18-16)12-8-10(3)6-7-11(12)14(19)21-5/h6-9H,1-5H3,(H,17,18,20)/t16-/m0/s1. The number of rotatable bonds is 3. The maximum Gasteiger partial charge on any atom is 0.338 e. The Balaban J connectivity index is 2.55. The molecule has 0 aromatic heterocycles. The number of amides is 1.